The van der Waals surface area contributed by atoms with Crippen molar-refractivity contribution in [3.8, 4) is 0 Å². The number of ether oxygens (including phenoxy) is 1. The Kier molecular flexibility index (Phi) is 3.47. The van der Waals surface area contributed by atoms with E-state index in [9.17, 15) is 12.9 Å². The maximum Gasteiger partial charge on any atom is 0.492 e. The van der Waals surface area contributed by atoms with Gasteiger partial charge in [-0.1, -0.05) is 0 Å². The van der Waals surface area contributed by atoms with Gasteiger partial charge in [-0.15, -0.1) is 0 Å². The van der Waals surface area contributed by atoms with Crippen LogP contribution in [-0.4, -0.2) is 44.1 Å². The Hall–Kier alpha value is -0.225. The van der Waals surface area contributed by atoms with E-state index in [2.05, 4.69) is 0 Å². The zero-order valence-electron chi connectivity index (χ0n) is 8.60. The first-order chi connectivity index (χ1) is 6.35. The maximum absolute atomic E-state index is 12.2. The van der Waals surface area contributed by atoms with E-state index in [1.807, 2.05) is 6.92 Å². The van der Waals surface area contributed by atoms with Gasteiger partial charge in [-0.2, -0.15) is 0 Å². The zero-order valence-corrected chi connectivity index (χ0v) is 8.60. The summed E-state index contributed by atoms with van der Waals surface area (Å²) in [5.41, 5.74) is -0.403. The van der Waals surface area contributed by atoms with Crippen molar-refractivity contribution >= 4 is 6.98 Å². The fourth-order valence-electron chi connectivity index (χ4n) is 1.92. The van der Waals surface area contributed by atoms with Gasteiger partial charge in [0.25, 0.3) is 0 Å². The number of hydrogen-bond acceptors (Lipinski definition) is 2. The smallest absolute Gasteiger partial charge is 0.448 e. The quantitative estimate of drug-likeness (QED) is 0.659. The summed E-state index contributed by atoms with van der Waals surface area (Å²) in [6.45, 7) is -1.94. The van der Waals surface area contributed by atoms with Crippen LogP contribution >= 0.6 is 0 Å². The molecule has 1 aliphatic heterocycles. The highest BCUT2D eigenvalue weighted by Gasteiger charge is 2.34. The second-order valence-corrected chi connectivity index (χ2v) is 4.20. The van der Waals surface area contributed by atoms with Gasteiger partial charge in [0, 0.05) is 13.7 Å². The minimum absolute atomic E-state index is 0.380. The molecule has 0 amide bonds. The highest BCUT2D eigenvalue weighted by Crippen LogP contribution is 2.25. The van der Waals surface area contributed by atoms with Crippen LogP contribution < -0.4 is 0 Å². The molecule has 0 spiro atoms. The number of hydrogen-bond donors (Lipinski definition) is 0. The van der Waals surface area contributed by atoms with Crippen LogP contribution in [0.3, 0.4) is 0 Å². The summed E-state index contributed by atoms with van der Waals surface area (Å²) in [5.74, 6) is 0. The SMILES string of the molecule is COC1(C)CCCN(C[B-](F)(F)F)C1. The van der Waals surface area contributed by atoms with E-state index in [0.717, 1.165) is 12.8 Å². The van der Waals surface area contributed by atoms with E-state index in [4.69, 9.17) is 4.74 Å². The number of piperidine rings is 1. The molecule has 2 nitrogen and oxygen atoms in total. The fourth-order valence-corrected chi connectivity index (χ4v) is 1.92. The summed E-state index contributed by atoms with van der Waals surface area (Å²) < 4.78 is 41.7. The van der Waals surface area contributed by atoms with Crippen LogP contribution in [0, 0.1) is 0 Å². The predicted octanol–water partition coefficient (Wildman–Crippen LogP) is 1.87. The molecule has 0 saturated carbocycles. The molecule has 14 heavy (non-hydrogen) atoms. The number of nitrogens with zero attached hydrogens (tertiary/aromatic N) is 1. The minimum Gasteiger partial charge on any atom is -0.448 e. The molecule has 6 heteroatoms. The molecular formula is C8H16BF3NO-. The van der Waals surface area contributed by atoms with Crippen LogP contribution in [0.1, 0.15) is 19.8 Å². The van der Waals surface area contributed by atoms with E-state index >= 15 is 0 Å². The van der Waals surface area contributed by atoms with Crippen LogP contribution in [0.25, 0.3) is 0 Å². The second kappa shape index (κ2) is 4.10. The molecule has 0 bridgehead atoms. The lowest BCUT2D eigenvalue weighted by Gasteiger charge is -2.41. The molecule has 1 atom stereocenters. The summed E-state index contributed by atoms with van der Waals surface area (Å²) in [4.78, 5) is 1.44. The zero-order chi connectivity index (χ0) is 10.8. The molecular weight excluding hydrogens is 194 g/mol. The average Bonchev–Trinajstić information content (AvgIpc) is 2.01. The van der Waals surface area contributed by atoms with E-state index in [1.54, 1.807) is 7.11 Å². The summed E-state index contributed by atoms with van der Waals surface area (Å²) in [7, 11) is 1.56. The Balaban J connectivity index is 2.48. The molecule has 0 aliphatic carbocycles. The van der Waals surface area contributed by atoms with E-state index < -0.39 is 19.0 Å². The second-order valence-electron chi connectivity index (χ2n) is 4.20. The molecule has 1 aliphatic rings. The Labute approximate surface area is 82.5 Å². The molecule has 1 unspecified atom stereocenters. The van der Waals surface area contributed by atoms with Crippen molar-refractivity contribution in [1.82, 2.24) is 4.90 Å². The number of likely N-dealkylation sites (tertiary alicyclic amines) is 1. The lowest BCUT2D eigenvalue weighted by Crippen LogP contribution is -2.51. The average molecular weight is 210 g/mol. The first-order valence-corrected chi connectivity index (χ1v) is 4.83. The van der Waals surface area contributed by atoms with Crippen molar-refractivity contribution in [2.45, 2.75) is 25.4 Å². The Morgan fingerprint density at radius 2 is 2.07 bits per heavy atom. The highest BCUT2D eigenvalue weighted by atomic mass is 19.4. The molecule has 1 fully saturated rings. The molecule has 0 aromatic heterocycles. The lowest BCUT2D eigenvalue weighted by molar-refractivity contribution is -0.0480. The lowest BCUT2D eigenvalue weighted by atomic mass is 9.87. The molecule has 0 aromatic carbocycles. The van der Waals surface area contributed by atoms with Crippen molar-refractivity contribution in [3.63, 3.8) is 0 Å². The van der Waals surface area contributed by atoms with Crippen LogP contribution in [-0.2, 0) is 4.74 Å². The Morgan fingerprint density at radius 1 is 1.43 bits per heavy atom. The van der Waals surface area contributed by atoms with E-state index in [0.29, 0.717) is 13.1 Å². The van der Waals surface area contributed by atoms with Gasteiger partial charge < -0.3 is 22.6 Å². The summed E-state index contributed by atoms with van der Waals surface area (Å²) in [5, 5.41) is 0. The monoisotopic (exact) mass is 210 g/mol. The van der Waals surface area contributed by atoms with Crippen LogP contribution in [0.15, 0.2) is 0 Å². The van der Waals surface area contributed by atoms with Crippen molar-refractivity contribution in [2.75, 3.05) is 26.6 Å². The first-order valence-electron chi connectivity index (χ1n) is 4.83. The third kappa shape index (κ3) is 3.50. The third-order valence-corrected chi connectivity index (χ3v) is 2.70. The maximum atomic E-state index is 12.2. The molecule has 0 aromatic rings. The van der Waals surface area contributed by atoms with Gasteiger partial charge in [-0.05, 0) is 32.8 Å². The van der Waals surface area contributed by atoms with Gasteiger partial charge in [-0.3, -0.25) is 0 Å². The Bertz CT molecular complexity index is 200. The van der Waals surface area contributed by atoms with Crippen molar-refractivity contribution in [2.24, 2.45) is 0 Å². The molecule has 0 N–H and O–H groups in total. The van der Waals surface area contributed by atoms with Gasteiger partial charge in [0.15, 0.2) is 0 Å². The molecule has 84 valence electrons. The van der Waals surface area contributed by atoms with Gasteiger partial charge in [0.05, 0.1) is 5.60 Å². The van der Waals surface area contributed by atoms with Crippen LogP contribution in [0.5, 0.6) is 0 Å². The van der Waals surface area contributed by atoms with Crippen LogP contribution in [0.4, 0.5) is 12.9 Å². The number of methoxy groups -OCH3 is 1. The normalized spacial score (nSPS) is 30.6. The van der Waals surface area contributed by atoms with E-state index in [1.165, 1.54) is 4.90 Å². The largest absolute Gasteiger partial charge is 0.492 e. The van der Waals surface area contributed by atoms with Crippen LogP contribution in [0.2, 0.25) is 0 Å². The topological polar surface area (TPSA) is 12.5 Å². The van der Waals surface area contributed by atoms with Gasteiger partial charge >= 0.3 is 6.98 Å². The fraction of sp³-hybridized carbons (Fsp3) is 1.00. The summed E-state index contributed by atoms with van der Waals surface area (Å²) >= 11 is 0. The van der Waals surface area contributed by atoms with Gasteiger partial charge in [0.1, 0.15) is 0 Å². The Morgan fingerprint density at radius 3 is 2.57 bits per heavy atom. The summed E-state index contributed by atoms with van der Waals surface area (Å²) in [6.07, 6.45) is 0.848. The molecule has 1 rings (SSSR count). The third-order valence-electron chi connectivity index (χ3n) is 2.70. The molecule has 1 saturated heterocycles. The minimum atomic E-state index is -4.71. The van der Waals surface area contributed by atoms with Crippen molar-refractivity contribution < 1.29 is 17.7 Å². The highest BCUT2D eigenvalue weighted by molar-refractivity contribution is 6.58. The van der Waals surface area contributed by atoms with Gasteiger partial charge in [0.2, 0.25) is 0 Å². The molecule has 0 radical (unpaired) electrons. The summed E-state index contributed by atoms with van der Waals surface area (Å²) in [6, 6.07) is 0. The van der Waals surface area contributed by atoms with Crippen molar-refractivity contribution in [3.05, 3.63) is 0 Å². The van der Waals surface area contributed by atoms with Crippen molar-refractivity contribution in [1.29, 1.82) is 0 Å². The first kappa shape index (κ1) is 11.8. The standard InChI is InChI=1S/C8H16BF3NO/c1-8(14-2)4-3-5-13(6-8)7-9(10,11)12/h3-7H2,1-2H3/q-1. The predicted molar refractivity (Wildman–Crippen MR) is 50.2 cm³/mol. The van der Waals surface area contributed by atoms with E-state index in [-0.39, 0.29) is 0 Å². The number of rotatable bonds is 3. The number of halogens is 3. The molecule has 1 heterocycles. The van der Waals surface area contributed by atoms with Gasteiger partial charge in [-0.25, -0.2) is 0 Å².